The molecule has 0 fully saturated rings. The summed E-state index contributed by atoms with van der Waals surface area (Å²) >= 11 is 0. The van der Waals surface area contributed by atoms with Gasteiger partial charge in [0.2, 0.25) is 0 Å². The van der Waals surface area contributed by atoms with Crippen LogP contribution in [0.1, 0.15) is 13.8 Å². The van der Waals surface area contributed by atoms with Gasteiger partial charge >= 0.3 is 6.16 Å². The van der Waals surface area contributed by atoms with Crippen LogP contribution in [0.15, 0.2) is 0 Å². The molecule has 11 heavy (non-hydrogen) atoms. The molecule has 0 aliphatic carbocycles. The lowest BCUT2D eigenvalue weighted by atomic mass is 10.8. The Kier molecular flexibility index (Phi) is 12.7. The molecule has 0 saturated heterocycles. The van der Waals surface area contributed by atoms with Gasteiger partial charge in [-0.15, -0.1) is 0 Å². The molecule has 0 unspecified atom stereocenters. The van der Waals surface area contributed by atoms with Gasteiger partial charge in [0.05, 0.1) is 13.2 Å². The topological polar surface area (TPSA) is 85.3 Å². The van der Waals surface area contributed by atoms with Gasteiger partial charge < -0.3 is 15.2 Å². The first-order valence-electron chi connectivity index (χ1n) is 3.12. The number of nitrogens with zero attached hydrogens (tertiary/aromatic N) is 1. The van der Waals surface area contributed by atoms with Crippen molar-refractivity contribution in [3.8, 4) is 6.19 Å². The molecule has 0 aromatic heterocycles. The molecule has 0 heterocycles. The molecule has 5 nitrogen and oxygen atoms in total. The summed E-state index contributed by atoms with van der Waals surface area (Å²) in [5.74, 6) is 0. The van der Waals surface area contributed by atoms with Crippen molar-refractivity contribution >= 4 is 6.16 Å². The lowest BCUT2D eigenvalue weighted by Crippen LogP contribution is -2.05. The maximum atomic E-state index is 10.2. The number of carbonyl (C=O) groups is 1. The summed E-state index contributed by atoms with van der Waals surface area (Å²) in [6.07, 6.45) is 0.662. The van der Waals surface area contributed by atoms with Crippen molar-refractivity contribution in [2.75, 3.05) is 13.2 Å². The first-order valence-corrected chi connectivity index (χ1v) is 3.12. The number of nitriles is 1. The zero-order valence-electron chi connectivity index (χ0n) is 6.66. The molecular weight excluding hydrogens is 148 g/mol. The Morgan fingerprint density at radius 1 is 1.45 bits per heavy atom. The van der Waals surface area contributed by atoms with E-state index in [0.29, 0.717) is 13.2 Å². The highest BCUT2D eigenvalue weighted by Gasteiger charge is 1.96. The molecule has 0 atom stereocenters. The van der Waals surface area contributed by atoms with E-state index < -0.39 is 6.16 Å². The molecule has 0 aliphatic rings. The van der Waals surface area contributed by atoms with E-state index >= 15 is 0 Å². The van der Waals surface area contributed by atoms with Gasteiger partial charge in [-0.2, -0.15) is 5.26 Å². The van der Waals surface area contributed by atoms with Crippen molar-refractivity contribution in [3.63, 3.8) is 0 Å². The normalized spacial score (nSPS) is 6.64. The van der Waals surface area contributed by atoms with Gasteiger partial charge in [0.15, 0.2) is 6.19 Å². The third-order valence-electron chi connectivity index (χ3n) is 0.524. The third-order valence-corrected chi connectivity index (χ3v) is 0.524. The van der Waals surface area contributed by atoms with Crippen molar-refractivity contribution < 1.29 is 14.3 Å². The van der Waals surface area contributed by atoms with Crippen LogP contribution in [0, 0.1) is 11.5 Å². The summed E-state index contributed by atoms with van der Waals surface area (Å²) in [5.41, 5.74) is 4.15. The van der Waals surface area contributed by atoms with Gasteiger partial charge in [0.25, 0.3) is 0 Å². The second-order valence-corrected chi connectivity index (χ2v) is 1.25. The number of rotatable bonds is 2. The quantitative estimate of drug-likeness (QED) is 0.363. The number of carbonyl (C=O) groups excluding carboxylic acids is 1. The molecule has 0 amide bonds. The molecule has 2 N–H and O–H groups in total. The summed E-state index contributed by atoms with van der Waals surface area (Å²) in [4.78, 5) is 10.2. The molecule has 0 saturated carbocycles. The predicted octanol–water partition coefficient (Wildman–Crippen LogP) is 0.606. The van der Waals surface area contributed by atoms with Gasteiger partial charge in [-0.3, -0.25) is 0 Å². The van der Waals surface area contributed by atoms with Crippen LogP contribution in [0.2, 0.25) is 0 Å². The molecule has 0 bridgehead atoms. The second-order valence-electron chi connectivity index (χ2n) is 1.25. The molecule has 5 heteroatoms. The van der Waals surface area contributed by atoms with Crippen molar-refractivity contribution in [1.29, 1.82) is 5.26 Å². The number of hydrogen-bond acceptors (Lipinski definition) is 5. The molecule has 64 valence electrons. The van der Waals surface area contributed by atoms with Gasteiger partial charge in [-0.25, -0.2) is 4.79 Å². The van der Waals surface area contributed by atoms with Crippen LogP contribution in [-0.4, -0.2) is 19.4 Å². The van der Waals surface area contributed by atoms with E-state index in [1.54, 1.807) is 13.8 Å². The fourth-order valence-corrected chi connectivity index (χ4v) is 0.277. The zero-order chi connectivity index (χ0) is 9.11. The van der Waals surface area contributed by atoms with Crippen molar-refractivity contribution in [3.05, 3.63) is 0 Å². The fraction of sp³-hybridized carbons (Fsp3) is 0.667. The average molecular weight is 160 g/mol. The zero-order valence-corrected chi connectivity index (χ0v) is 6.66. The molecular formula is C6H12N2O3. The Bertz CT molecular complexity index is 122. The van der Waals surface area contributed by atoms with E-state index in [-0.39, 0.29) is 0 Å². The Labute approximate surface area is 65.7 Å². The van der Waals surface area contributed by atoms with Crippen LogP contribution >= 0.6 is 0 Å². The second kappa shape index (κ2) is 11.4. The van der Waals surface area contributed by atoms with Crippen LogP contribution in [0.5, 0.6) is 0 Å². The molecule has 0 aromatic carbocycles. The summed E-state index contributed by atoms with van der Waals surface area (Å²) in [6.45, 7) is 4.21. The van der Waals surface area contributed by atoms with Crippen molar-refractivity contribution in [2.24, 2.45) is 5.73 Å². The lowest BCUT2D eigenvalue weighted by Gasteiger charge is -1.98. The van der Waals surface area contributed by atoms with Crippen LogP contribution in [0.3, 0.4) is 0 Å². The first-order chi connectivity index (χ1) is 5.22. The maximum absolute atomic E-state index is 10.2. The smallest absolute Gasteiger partial charge is 0.435 e. The van der Waals surface area contributed by atoms with Crippen LogP contribution < -0.4 is 5.73 Å². The van der Waals surface area contributed by atoms with E-state index in [4.69, 9.17) is 5.26 Å². The molecule has 0 rings (SSSR count). The van der Waals surface area contributed by atoms with Crippen LogP contribution in [0.25, 0.3) is 0 Å². The van der Waals surface area contributed by atoms with E-state index in [1.165, 1.54) is 6.19 Å². The SMILES string of the molecule is CCOC(=O)OCC.N#CN. The summed E-state index contributed by atoms with van der Waals surface area (Å²) in [7, 11) is 0. The number of ether oxygens (including phenoxy) is 2. The Balaban J connectivity index is 0. The summed E-state index contributed by atoms with van der Waals surface area (Å²) in [6, 6.07) is 0. The standard InChI is InChI=1S/C5H10O3.CH2N2/c1-3-7-5(6)8-4-2;2-1-3/h3-4H2,1-2H3;2H2. The van der Waals surface area contributed by atoms with E-state index in [9.17, 15) is 4.79 Å². The molecule has 0 radical (unpaired) electrons. The van der Waals surface area contributed by atoms with Gasteiger partial charge in [0, 0.05) is 0 Å². The summed E-state index contributed by atoms with van der Waals surface area (Å²) < 4.78 is 8.84. The third kappa shape index (κ3) is 17.7. The minimum atomic E-state index is -0.588. The molecule has 0 aliphatic heterocycles. The van der Waals surface area contributed by atoms with E-state index in [2.05, 4.69) is 15.2 Å². The van der Waals surface area contributed by atoms with Crippen molar-refractivity contribution in [1.82, 2.24) is 0 Å². The molecule has 0 spiro atoms. The first kappa shape index (κ1) is 12.3. The van der Waals surface area contributed by atoms with Crippen LogP contribution in [-0.2, 0) is 9.47 Å². The predicted molar refractivity (Wildman–Crippen MR) is 38.4 cm³/mol. The van der Waals surface area contributed by atoms with Crippen LogP contribution in [0.4, 0.5) is 4.79 Å². The monoisotopic (exact) mass is 160 g/mol. The fourth-order valence-electron chi connectivity index (χ4n) is 0.277. The number of hydrogen-bond donors (Lipinski definition) is 1. The summed E-state index contributed by atoms with van der Waals surface area (Å²) in [5, 5.41) is 7.10. The van der Waals surface area contributed by atoms with E-state index in [1.807, 2.05) is 0 Å². The number of nitrogens with two attached hydrogens (primary N) is 1. The Morgan fingerprint density at radius 2 is 1.73 bits per heavy atom. The lowest BCUT2D eigenvalue weighted by molar-refractivity contribution is 0.0630. The highest BCUT2D eigenvalue weighted by Crippen LogP contribution is 1.81. The maximum Gasteiger partial charge on any atom is 0.508 e. The van der Waals surface area contributed by atoms with Crippen molar-refractivity contribution in [2.45, 2.75) is 13.8 Å². The average Bonchev–Trinajstić information content (AvgIpc) is 1.90. The Hall–Kier alpha value is -1.44. The minimum absolute atomic E-state index is 0.374. The van der Waals surface area contributed by atoms with Gasteiger partial charge in [-0.05, 0) is 13.8 Å². The largest absolute Gasteiger partial charge is 0.508 e. The van der Waals surface area contributed by atoms with Gasteiger partial charge in [0.1, 0.15) is 0 Å². The Morgan fingerprint density at radius 3 is 1.91 bits per heavy atom. The highest BCUT2D eigenvalue weighted by atomic mass is 16.7. The molecule has 0 aromatic rings. The van der Waals surface area contributed by atoms with Gasteiger partial charge in [-0.1, -0.05) is 0 Å². The highest BCUT2D eigenvalue weighted by molar-refractivity contribution is 5.59. The minimum Gasteiger partial charge on any atom is -0.435 e. The van der Waals surface area contributed by atoms with E-state index in [0.717, 1.165) is 0 Å².